The number of furan rings is 1. The summed E-state index contributed by atoms with van der Waals surface area (Å²) in [6.07, 6.45) is 6.78. The summed E-state index contributed by atoms with van der Waals surface area (Å²) in [5.41, 5.74) is 1.39. The van der Waals surface area contributed by atoms with Crippen molar-refractivity contribution in [2.75, 3.05) is 30.6 Å². The van der Waals surface area contributed by atoms with E-state index < -0.39 is 13.1 Å². The van der Waals surface area contributed by atoms with Gasteiger partial charge in [-0.1, -0.05) is 19.9 Å². The van der Waals surface area contributed by atoms with Crippen LogP contribution in [0, 0.1) is 0 Å². The minimum atomic E-state index is -0.668. The van der Waals surface area contributed by atoms with Gasteiger partial charge in [0, 0.05) is 17.4 Å². The molecule has 204 valence electrons. The number of nitrogens with one attached hydrogen (secondary N) is 3. The van der Waals surface area contributed by atoms with E-state index >= 15 is 0 Å². The largest absolute Gasteiger partial charge is 0.494 e. The fraction of sp³-hybridized carbons (Fsp3) is 0.538. The van der Waals surface area contributed by atoms with Crippen LogP contribution in [0.5, 0.6) is 5.75 Å². The van der Waals surface area contributed by atoms with Gasteiger partial charge in [-0.15, -0.1) is 0 Å². The topological polar surface area (TPSA) is 113 Å². The van der Waals surface area contributed by atoms with Crippen LogP contribution in [-0.4, -0.2) is 66.6 Å². The second kappa shape index (κ2) is 16.7. The zero-order valence-electron chi connectivity index (χ0n) is 22.4. The molecule has 0 aliphatic carbocycles. The molecule has 1 heterocycles. The smallest absolute Gasteiger partial charge is 0.373 e. The number of thioether (sulfide) groups is 2. The molecule has 2 rings (SSSR count). The molecule has 0 spiro atoms. The molecule has 0 fully saturated rings. The van der Waals surface area contributed by atoms with Crippen LogP contribution in [0.3, 0.4) is 0 Å². The van der Waals surface area contributed by atoms with Crippen molar-refractivity contribution in [2.24, 2.45) is 0 Å². The Balaban J connectivity index is 2.10. The molecule has 8 nitrogen and oxygen atoms in total. The maximum absolute atomic E-state index is 13.4. The molecule has 0 aliphatic rings. The van der Waals surface area contributed by atoms with Gasteiger partial charge in [0.1, 0.15) is 17.6 Å². The van der Waals surface area contributed by atoms with E-state index in [2.05, 4.69) is 15.9 Å². The second-order valence-corrected chi connectivity index (χ2v) is 11.0. The highest BCUT2D eigenvalue weighted by Gasteiger charge is 2.24. The van der Waals surface area contributed by atoms with E-state index in [4.69, 9.17) is 9.15 Å². The summed E-state index contributed by atoms with van der Waals surface area (Å²) >= 11 is 3.33. The van der Waals surface area contributed by atoms with Gasteiger partial charge < -0.3 is 30.0 Å². The molecule has 0 saturated carbocycles. The molecular weight excluding hydrogens is 509 g/mol. The highest BCUT2D eigenvalue weighted by atomic mass is 32.2. The summed E-state index contributed by atoms with van der Waals surface area (Å²) < 4.78 is 11.3. The molecule has 0 bridgehead atoms. The molecule has 4 N–H and O–H groups in total. The first-order valence-electron chi connectivity index (χ1n) is 12.5. The lowest BCUT2D eigenvalue weighted by molar-refractivity contribution is -0.123. The first kappa shape index (κ1) is 31.1. The minimum Gasteiger partial charge on any atom is -0.494 e. The first-order chi connectivity index (χ1) is 17.7. The quantitative estimate of drug-likeness (QED) is 0.221. The number of carbonyl (C=O) groups is 2. The fourth-order valence-corrected chi connectivity index (χ4v) is 4.99. The predicted molar refractivity (Wildman–Crippen MR) is 155 cm³/mol. The van der Waals surface area contributed by atoms with Crippen molar-refractivity contribution in [2.45, 2.75) is 58.1 Å². The molecule has 2 atom stereocenters. The van der Waals surface area contributed by atoms with Gasteiger partial charge in [0.2, 0.25) is 5.91 Å². The maximum Gasteiger partial charge on any atom is 0.373 e. The normalized spacial score (nSPS) is 12.7. The molecule has 1 aromatic heterocycles. The third-order valence-corrected chi connectivity index (χ3v) is 7.10. The van der Waals surface area contributed by atoms with Crippen LogP contribution < -0.4 is 20.6 Å². The lowest BCUT2D eigenvalue weighted by atomic mass is 9.87. The van der Waals surface area contributed by atoms with E-state index in [1.807, 2.05) is 38.5 Å². The standard InChI is InChI=1S/C26H40BN3O5S2/c1-18(2)22-9-8-20(35-13-10-19(17-37-5)30-27(3)33)15-23(22)25(31)29-24(11-14-36-4)26(32)28-16-21-7-6-12-34-21/h6-9,12,15,18-19,24,30,33H,10-11,13-14,16-17H2,1-5H3,(H,28,32)(H,29,31). The Bertz CT molecular complexity index is 960. The van der Waals surface area contributed by atoms with Gasteiger partial charge in [-0.3, -0.25) is 9.59 Å². The Labute approximate surface area is 229 Å². The summed E-state index contributed by atoms with van der Waals surface area (Å²) in [6, 6.07) is 8.55. The van der Waals surface area contributed by atoms with Gasteiger partial charge in [-0.2, -0.15) is 23.5 Å². The van der Waals surface area contributed by atoms with E-state index in [0.29, 0.717) is 36.5 Å². The van der Waals surface area contributed by atoms with Crippen LogP contribution in [0.4, 0.5) is 0 Å². The van der Waals surface area contributed by atoms with Gasteiger partial charge >= 0.3 is 7.05 Å². The van der Waals surface area contributed by atoms with Crippen molar-refractivity contribution >= 4 is 42.4 Å². The monoisotopic (exact) mass is 549 g/mol. The zero-order chi connectivity index (χ0) is 27.2. The number of hydrogen-bond donors (Lipinski definition) is 4. The third kappa shape index (κ3) is 11.1. The lowest BCUT2D eigenvalue weighted by Crippen LogP contribution is -2.47. The van der Waals surface area contributed by atoms with Crippen LogP contribution in [0.25, 0.3) is 0 Å². The number of rotatable bonds is 17. The molecule has 2 amide bonds. The molecule has 2 aromatic rings. The Morgan fingerprint density at radius 2 is 1.95 bits per heavy atom. The summed E-state index contributed by atoms with van der Waals surface area (Å²) in [6.45, 7) is 6.47. The van der Waals surface area contributed by atoms with E-state index in [-0.39, 0.29) is 30.3 Å². The molecule has 11 heteroatoms. The van der Waals surface area contributed by atoms with Gasteiger partial charge in [0.25, 0.3) is 5.91 Å². The molecule has 0 radical (unpaired) electrons. The van der Waals surface area contributed by atoms with Crippen LogP contribution >= 0.6 is 23.5 Å². The Hall–Kier alpha value is -2.08. The summed E-state index contributed by atoms with van der Waals surface area (Å²) in [7, 11) is -0.590. The zero-order valence-corrected chi connectivity index (χ0v) is 24.0. The number of carbonyl (C=O) groups excluding carboxylic acids is 2. The van der Waals surface area contributed by atoms with Crippen molar-refractivity contribution in [1.82, 2.24) is 15.9 Å². The SMILES string of the molecule is CSCCC(NC(=O)c1cc(OCCC(CSC)NB(C)O)ccc1C(C)C)C(=O)NCc1ccco1. The van der Waals surface area contributed by atoms with Crippen molar-refractivity contribution in [3.63, 3.8) is 0 Å². The summed E-state index contributed by atoms with van der Waals surface area (Å²) in [5.74, 6) is 2.40. The molecule has 37 heavy (non-hydrogen) atoms. The third-order valence-electron chi connectivity index (χ3n) is 5.72. The van der Waals surface area contributed by atoms with E-state index in [9.17, 15) is 14.6 Å². The van der Waals surface area contributed by atoms with E-state index in [0.717, 1.165) is 17.1 Å². The average Bonchev–Trinajstić information content (AvgIpc) is 3.38. The second-order valence-electron chi connectivity index (χ2n) is 9.14. The highest BCUT2D eigenvalue weighted by Crippen LogP contribution is 2.25. The summed E-state index contributed by atoms with van der Waals surface area (Å²) in [4.78, 5) is 26.3. The van der Waals surface area contributed by atoms with Crippen molar-refractivity contribution in [3.8, 4) is 5.75 Å². The number of benzene rings is 1. The van der Waals surface area contributed by atoms with Gasteiger partial charge in [0.15, 0.2) is 0 Å². The molecule has 0 saturated heterocycles. The molecule has 2 unspecified atom stereocenters. The van der Waals surface area contributed by atoms with E-state index in [1.54, 1.807) is 54.8 Å². The number of amides is 2. The van der Waals surface area contributed by atoms with Gasteiger partial charge in [0.05, 0.1) is 19.4 Å². The maximum atomic E-state index is 13.4. The Morgan fingerprint density at radius 3 is 2.57 bits per heavy atom. The molecule has 0 aliphatic heterocycles. The minimum absolute atomic E-state index is 0.115. The van der Waals surface area contributed by atoms with Crippen molar-refractivity contribution < 1.29 is 23.8 Å². The summed E-state index contributed by atoms with van der Waals surface area (Å²) in [5, 5.41) is 18.6. The molecular formula is C26H40BN3O5S2. The fourth-order valence-electron chi connectivity index (χ4n) is 3.85. The van der Waals surface area contributed by atoms with Crippen molar-refractivity contribution in [1.29, 1.82) is 0 Å². The Kier molecular flexibility index (Phi) is 14.1. The number of hydrogen-bond acceptors (Lipinski definition) is 8. The van der Waals surface area contributed by atoms with Gasteiger partial charge in [-0.25, -0.2) is 0 Å². The van der Waals surface area contributed by atoms with E-state index in [1.165, 1.54) is 0 Å². The number of ether oxygens (including phenoxy) is 1. The first-order valence-corrected chi connectivity index (χ1v) is 15.3. The van der Waals surface area contributed by atoms with Crippen molar-refractivity contribution in [3.05, 3.63) is 53.5 Å². The van der Waals surface area contributed by atoms with Crippen LogP contribution in [0.15, 0.2) is 41.0 Å². The predicted octanol–water partition coefficient (Wildman–Crippen LogP) is 3.77. The highest BCUT2D eigenvalue weighted by molar-refractivity contribution is 7.98. The van der Waals surface area contributed by atoms with Gasteiger partial charge in [-0.05, 0) is 73.7 Å². The average molecular weight is 550 g/mol. The lowest BCUT2D eigenvalue weighted by Gasteiger charge is -2.21. The van der Waals surface area contributed by atoms with Crippen LogP contribution in [-0.2, 0) is 11.3 Å². The molecule has 1 aromatic carbocycles. The Morgan fingerprint density at radius 1 is 1.16 bits per heavy atom. The van der Waals surface area contributed by atoms with Crippen LogP contribution in [0.2, 0.25) is 6.82 Å². The van der Waals surface area contributed by atoms with Crippen LogP contribution in [0.1, 0.15) is 54.3 Å².